The first-order valence-electron chi connectivity index (χ1n) is 13.9. The van der Waals surface area contributed by atoms with Gasteiger partial charge in [-0.2, -0.15) is 11.1 Å². The van der Waals surface area contributed by atoms with Crippen molar-refractivity contribution in [3.8, 4) is 0 Å². The topological polar surface area (TPSA) is 0 Å². The van der Waals surface area contributed by atoms with E-state index in [-0.39, 0.29) is 0 Å². The summed E-state index contributed by atoms with van der Waals surface area (Å²) in [6.45, 7) is 15.9. The van der Waals surface area contributed by atoms with Crippen molar-refractivity contribution in [2.75, 3.05) is 25.8 Å². The predicted molar refractivity (Wildman–Crippen MR) is 143 cm³/mol. The van der Waals surface area contributed by atoms with Gasteiger partial charge in [0.25, 0.3) is 0 Å². The van der Waals surface area contributed by atoms with Crippen LogP contribution in [0.5, 0.6) is 0 Å². The van der Waals surface area contributed by atoms with Gasteiger partial charge in [0.1, 0.15) is 0 Å². The lowest BCUT2D eigenvalue weighted by molar-refractivity contribution is -0.919. The summed E-state index contributed by atoms with van der Waals surface area (Å²) >= 11 is 6.98. The predicted octanol–water partition coefficient (Wildman–Crippen LogP) is 9.87. The van der Waals surface area contributed by atoms with Crippen molar-refractivity contribution in [1.82, 2.24) is 0 Å². The van der Waals surface area contributed by atoms with E-state index in [2.05, 4.69) is 33.9 Å². The summed E-state index contributed by atoms with van der Waals surface area (Å²) in [7, 11) is -1.59. The molecule has 0 N–H and O–H groups in total. The molecule has 0 saturated heterocycles. The van der Waals surface area contributed by atoms with E-state index in [0.29, 0.717) is 0 Å². The number of unbranched alkanes of at least 4 members (excludes halogenated alkanes) is 15. The molecule has 0 saturated carbocycles. The number of halogens is 1. The fourth-order valence-electron chi connectivity index (χ4n) is 5.05. The van der Waals surface area contributed by atoms with Gasteiger partial charge in [-0.15, -0.1) is 0 Å². The van der Waals surface area contributed by atoms with Gasteiger partial charge >= 0.3 is 0 Å². The summed E-state index contributed by atoms with van der Waals surface area (Å²) in [5.41, 5.74) is 0. The van der Waals surface area contributed by atoms with E-state index >= 15 is 0 Å². The van der Waals surface area contributed by atoms with Crippen molar-refractivity contribution in [2.24, 2.45) is 0 Å². The van der Waals surface area contributed by atoms with Crippen LogP contribution in [0.4, 0.5) is 0 Å². The van der Waals surface area contributed by atoms with Crippen molar-refractivity contribution in [1.29, 1.82) is 0 Å². The zero-order valence-electron chi connectivity index (χ0n) is 21.9. The minimum atomic E-state index is -1.59. The Morgan fingerprint density at radius 1 is 0.467 bits per heavy atom. The zero-order valence-corrected chi connectivity index (χ0v) is 23.6. The molecule has 0 aliphatic heterocycles. The maximum absolute atomic E-state index is 6.98. The van der Waals surface area contributed by atoms with Crippen molar-refractivity contribution < 1.29 is 4.48 Å². The number of rotatable bonds is 23. The molecule has 182 valence electrons. The summed E-state index contributed by atoms with van der Waals surface area (Å²) in [5.74, 6) is 0. The molecule has 0 aromatic rings. The summed E-state index contributed by atoms with van der Waals surface area (Å²) in [6.07, 6.45) is 26.7. The van der Waals surface area contributed by atoms with Crippen LogP contribution in [0.3, 0.4) is 0 Å². The summed E-state index contributed by atoms with van der Waals surface area (Å²) in [5, 5.41) is 0. The van der Waals surface area contributed by atoms with Crippen LogP contribution >= 0.6 is 11.1 Å². The summed E-state index contributed by atoms with van der Waals surface area (Å²) in [6, 6.07) is 0. The first kappa shape index (κ1) is 30.5. The molecular formula is C27H59ClNSi+. The highest BCUT2D eigenvalue weighted by Gasteiger charge is 2.34. The standard InChI is InChI=1S/C27H59ClNSi/c1-6-9-12-15-18-21-24-29(27-30(4,5)28,25-22-19-16-13-10-7-2)26-23-20-17-14-11-8-3/h6-27H2,1-5H3/q+1. The summed E-state index contributed by atoms with van der Waals surface area (Å²) in [4.78, 5) is 0. The van der Waals surface area contributed by atoms with Crippen LogP contribution in [0.25, 0.3) is 0 Å². The fraction of sp³-hybridized carbons (Fsp3) is 1.00. The van der Waals surface area contributed by atoms with E-state index in [4.69, 9.17) is 11.1 Å². The van der Waals surface area contributed by atoms with Crippen LogP contribution in [0.15, 0.2) is 0 Å². The Kier molecular flexibility index (Phi) is 20.4. The molecule has 0 aliphatic rings. The molecule has 0 fully saturated rings. The lowest BCUT2D eigenvalue weighted by Gasteiger charge is -2.42. The van der Waals surface area contributed by atoms with Crippen molar-refractivity contribution in [2.45, 2.75) is 149 Å². The average molecular weight is 461 g/mol. The van der Waals surface area contributed by atoms with Crippen LogP contribution in [-0.2, 0) is 0 Å². The van der Waals surface area contributed by atoms with Crippen molar-refractivity contribution in [3.05, 3.63) is 0 Å². The Hall–Kier alpha value is 0.467. The maximum Gasteiger partial charge on any atom is 0.211 e. The maximum atomic E-state index is 6.98. The first-order chi connectivity index (χ1) is 14.4. The normalized spacial score (nSPS) is 12.6. The van der Waals surface area contributed by atoms with Gasteiger partial charge in [-0.3, -0.25) is 0 Å². The molecule has 0 atom stereocenters. The Morgan fingerprint density at radius 3 is 1.00 bits per heavy atom. The lowest BCUT2D eigenvalue weighted by Crippen LogP contribution is -2.56. The SMILES string of the molecule is CCCCCCCC[N+](CCCCCCCC)(CCCCCCCC)C[Si](C)(C)Cl. The third kappa shape index (κ3) is 19.2. The molecule has 0 spiro atoms. The van der Waals surface area contributed by atoms with Crippen LogP contribution in [0.2, 0.25) is 13.1 Å². The molecular weight excluding hydrogens is 402 g/mol. The lowest BCUT2D eigenvalue weighted by atomic mass is 10.1. The van der Waals surface area contributed by atoms with E-state index < -0.39 is 7.38 Å². The van der Waals surface area contributed by atoms with E-state index in [0.717, 1.165) is 0 Å². The third-order valence-electron chi connectivity index (χ3n) is 6.67. The second-order valence-electron chi connectivity index (χ2n) is 10.7. The Bertz CT molecular complexity index is 312. The molecule has 1 nitrogen and oxygen atoms in total. The van der Waals surface area contributed by atoms with Crippen molar-refractivity contribution >= 4 is 18.5 Å². The average Bonchev–Trinajstić information content (AvgIpc) is 2.69. The van der Waals surface area contributed by atoms with Crippen LogP contribution < -0.4 is 0 Å². The molecule has 0 unspecified atom stereocenters. The molecule has 0 heterocycles. The van der Waals surface area contributed by atoms with Crippen LogP contribution in [-0.4, -0.2) is 37.7 Å². The first-order valence-corrected chi connectivity index (χ1v) is 18.1. The molecule has 0 rings (SSSR count). The molecule has 0 aliphatic carbocycles. The molecule has 0 amide bonds. The molecule has 3 heteroatoms. The van der Waals surface area contributed by atoms with E-state index in [1.165, 1.54) is 146 Å². The van der Waals surface area contributed by atoms with E-state index in [1.54, 1.807) is 0 Å². The second kappa shape index (κ2) is 20.1. The molecule has 0 aromatic carbocycles. The highest BCUT2D eigenvalue weighted by atomic mass is 35.6. The molecule has 0 radical (unpaired) electrons. The molecule has 30 heavy (non-hydrogen) atoms. The Balaban J connectivity index is 4.75. The Labute approximate surface area is 198 Å². The minimum Gasteiger partial charge on any atom is -0.326 e. The summed E-state index contributed by atoms with van der Waals surface area (Å²) < 4.78 is 1.35. The highest BCUT2D eigenvalue weighted by molar-refractivity contribution is 7.19. The van der Waals surface area contributed by atoms with Gasteiger partial charge < -0.3 is 4.48 Å². The second-order valence-corrected chi connectivity index (χ2v) is 17.5. The minimum absolute atomic E-state index is 1.29. The number of hydrogen-bond donors (Lipinski definition) is 0. The zero-order chi connectivity index (χ0) is 22.6. The highest BCUT2D eigenvalue weighted by Crippen LogP contribution is 2.23. The van der Waals surface area contributed by atoms with Gasteiger partial charge in [-0.05, 0) is 38.5 Å². The van der Waals surface area contributed by atoms with Gasteiger partial charge in [0, 0.05) is 0 Å². The monoisotopic (exact) mass is 460 g/mol. The smallest absolute Gasteiger partial charge is 0.211 e. The van der Waals surface area contributed by atoms with E-state index in [1.807, 2.05) is 0 Å². The molecule has 0 bridgehead atoms. The van der Waals surface area contributed by atoms with Gasteiger partial charge in [0.2, 0.25) is 7.38 Å². The third-order valence-corrected chi connectivity index (χ3v) is 8.45. The fourth-order valence-corrected chi connectivity index (χ4v) is 7.88. The number of quaternary nitrogens is 1. The van der Waals surface area contributed by atoms with Crippen LogP contribution in [0.1, 0.15) is 136 Å². The Morgan fingerprint density at radius 2 is 0.733 bits per heavy atom. The number of hydrogen-bond acceptors (Lipinski definition) is 0. The van der Waals surface area contributed by atoms with Gasteiger partial charge in [-0.1, -0.05) is 111 Å². The van der Waals surface area contributed by atoms with Crippen LogP contribution in [0, 0.1) is 0 Å². The largest absolute Gasteiger partial charge is 0.326 e. The number of nitrogens with zero attached hydrogens (tertiary/aromatic N) is 1. The van der Waals surface area contributed by atoms with Crippen molar-refractivity contribution in [3.63, 3.8) is 0 Å². The van der Waals surface area contributed by atoms with Gasteiger partial charge in [0.05, 0.1) is 25.8 Å². The quantitative estimate of drug-likeness (QED) is 0.0615. The van der Waals surface area contributed by atoms with Gasteiger partial charge in [-0.25, -0.2) is 0 Å². The van der Waals surface area contributed by atoms with Gasteiger partial charge in [0.15, 0.2) is 0 Å². The van der Waals surface area contributed by atoms with E-state index in [9.17, 15) is 0 Å². The molecule has 0 aromatic heterocycles.